The van der Waals surface area contributed by atoms with Gasteiger partial charge in [0.2, 0.25) is 0 Å². The summed E-state index contributed by atoms with van der Waals surface area (Å²) in [4.78, 5) is 26.5. The van der Waals surface area contributed by atoms with Gasteiger partial charge in [0.1, 0.15) is 11.5 Å². The number of hydrogen-bond acceptors (Lipinski definition) is 4. The zero-order chi connectivity index (χ0) is 23.2. The summed E-state index contributed by atoms with van der Waals surface area (Å²) in [6.07, 6.45) is 0.647. The van der Waals surface area contributed by atoms with Crippen molar-refractivity contribution in [1.82, 2.24) is 0 Å². The van der Waals surface area contributed by atoms with Crippen LogP contribution in [0.5, 0.6) is 11.5 Å². The average molecular weight is 466 g/mol. The summed E-state index contributed by atoms with van der Waals surface area (Å²) >= 11 is 5.87. The largest absolute Gasteiger partial charge is 0.494 e. The predicted molar refractivity (Wildman–Crippen MR) is 130 cm³/mol. The van der Waals surface area contributed by atoms with Crippen LogP contribution in [0.2, 0.25) is 5.02 Å². The van der Waals surface area contributed by atoms with E-state index in [1.807, 2.05) is 31.2 Å². The van der Waals surface area contributed by atoms with Gasteiger partial charge < -0.3 is 25.0 Å². The van der Waals surface area contributed by atoms with Crippen LogP contribution in [0.15, 0.2) is 66.7 Å². The standard InChI is InChI=1S/C25H24ClN3O4/c1-17-3-10-21(11-4-17)32-14-2-13-29-22-15-20(9-12-23(22)33-16-24(29)30)28-25(31)27-19-7-5-18(26)6-8-19/h3-12,15H,2,13-14,16H2,1H3,(H2,27,28,31). The van der Waals surface area contributed by atoms with Crippen LogP contribution in [-0.2, 0) is 4.79 Å². The lowest BCUT2D eigenvalue weighted by molar-refractivity contribution is -0.121. The van der Waals surface area contributed by atoms with Crippen molar-refractivity contribution in [1.29, 1.82) is 0 Å². The Balaban J connectivity index is 1.37. The van der Waals surface area contributed by atoms with E-state index in [-0.39, 0.29) is 12.5 Å². The van der Waals surface area contributed by atoms with E-state index < -0.39 is 6.03 Å². The number of anilines is 3. The minimum atomic E-state index is -0.404. The van der Waals surface area contributed by atoms with Crippen molar-refractivity contribution in [3.05, 3.63) is 77.3 Å². The van der Waals surface area contributed by atoms with Gasteiger partial charge in [-0.2, -0.15) is 0 Å². The van der Waals surface area contributed by atoms with Crippen molar-refractivity contribution < 1.29 is 19.1 Å². The van der Waals surface area contributed by atoms with Gasteiger partial charge in [0, 0.05) is 22.9 Å². The van der Waals surface area contributed by atoms with Crippen LogP contribution in [0.3, 0.4) is 0 Å². The Bertz CT molecular complexity index is 1130. The second-order valence-corrected chi connectivity index (χ2v) is 8.05. The number of benzene rings is 3. The molecule has 3 aromatic rings. The predicted octanol–water partition coefficient (Wildman–Crippen LogP) is 5.49. The molecule has 2 N–H and O–H groups in total. The second-order valence-electron chi connectivity index (χ2n) is 7.62. The normalized spacial score (nSPS) is 12.5. The highest BCUT2D eigenvalue weighted by atomic mass is 35.5. The Morgan fingerprint density at radius 2 is 1.73 bits per heavy atom. The molecule has 1 heterocycles. The van der Waals surface area contributed by atoms with Crippen LogP contribution < -0.4 is 25.0 Å². The summed E-state index contributed by atoms with van der Waals surface area (Å²) in [6.45, 7) is 2.96. The highest BCUT2D eigenvalue weighted by Crippen LogP contribution is 2.34. The average Bonchev–Trinajstić information content (AvgIpc) is 2.80. The number of carbonyl (C=O) groups is 2. The maximum absolute atomic E-state index is 12.5. The number of amides is 3. The van der Waals surface area contributed by atoms with E-state index in [0.717, 1.165) is 5.75 Å². The quantitative estimate of drug-likeness (QED) is 0.452. The molecular formula is C25H24ClN3O4. The maximum atomic E-state index is 12.5. The van der Waals surface area contributed by atoms with Gasteiger partial charge >= 0.3 is 6.03 Å². The van der Waals surface area contributed by atoms with E-state index in [1.165, 1.54) is 5.56 Å². The van der Waals surface area contributed by atoms with Crippen molar-refractivity contribution in [2.24, 2.45) is 0 Å². The molecule has 170 valence electrons. The fourth-order valence-corrected chi connectivity index (χ4v) is 3.52. The molecule has 0 atom stereocenters. The van der Waals surface area contributed by atoms with E-state index in [0.29, 0.717) is 47.4 Å². The highest BCUT2D eigenvalue weighted by molar-refractivity contribution is 6.30. The molecule has 0 spiro atoms. The van der Waals surface area contributed by atoms with Crippen molar-refractivity contribution in [3.8, 4) is 11.5 Å². The van der Waals surface area contributed by atoms with Crippen LogP contribution in [0.1, 0.15) is 12.0 Å². The number of carbonyl (C=O) groups excluding carboxylic acids is 2. The summed E-state index contributed by atoms with van der Waals surface area (Å²) in [6, 6.07) is 19.5. The number of nitrogens with one attached hydrogen (secondary N) is 2. The number of nitrogens with zero attached hydrogens (tertiary/aromatic N) is 1. The fraction of sp³-hybridized carbons (Fsp3) is 0.200. The Hall–Kier alpha value is -3.71. The van der Waals surface area contributed by atoms with Gasteiger partial charge in [-0.15, -0.1) is 0 Å². The molecule has 0 saturated heterocycles. The summed E-state index contributed by atoms with van der Waals surface area (Å²) in [5.74, 6) is 1.26. The molecule has 3 aromatic carbocycles. The first-order valence-corrected chi connectivity index (χ1v) is 11.0. The van der Waals surface area contributed by atoms with Gasteiger partial charge in [-0.1, -0.05) is 29.3 Å². The van der Waals surface area contributed by atoms with Gasteiger partial charge in [-0.25, -0.2) is 4.79 Å². The first-order valence-electron chi connectivity index (χ1n) is 10.6. The monoisotopic (exact) mass is 465 g/mol. The molecule has 0 saturated carbocycles. The molecule has 0 aromatic heterocycles. The van der Waals surface area contributed by atoms with Crippen molar-refractivity contribution in [2.75, 3.05) is 35.3 Å². The van der Waals surface area contributed by atoms with Gasteiger partial charge in [0.05, 0.1) is 12.3 Å². The number of aryl methyl sites for hydroxylation is 1. The lowest BCUT2D eigenvalue weighted by Crippen LogP contribution is -2.39. The Kier molecular flexibility index (Phi) is 7.00. The summed E-state index contributed by atoms with van der Waals surface area (Å²) in [7, 11) is 0. The molecule has 0 aliphatic carbocycles. The summed E-state index contributed by atoms with van der Waals surface area (Å²) < 4.78 is 11.3. The molecular weight excluding hydrogens is 442 g/mol. The van der Waals surface area contributed by atoms with Crippen molar-refractivity contribution in [2.45, 2.75) is 13.3 Å². The molecule has 0 bridgehead atoms. The number of hydrogen-bond donors (Lipinski definition) is 2. The molecule has 4 rings (SSSR count). The molecule has 1 aliphatic heterocycles. The van der Waals surface area contributed by atoms with Crippen molar-refractivity contribution >= 4 is 40.6 Å². The van der Waals surface area contributed by atoms with Crippen LogP contribution >= 0.6 is 11.6 Å². The van der Waals surface area contributed by atoms with E-state index in [2.05, 4.69) is 10.6 Å². The zero-order valence-corrected chi connectivity index (χ0v) is 18.9. The molecule has 0 radical (unpaired) electrons. The SMILES string of the molecule is Cc1ccc(OCCCN2C(=O)COc3ccc(NC(=O)Nc4ccc(Cl)cc4)cc32)cc1. The van der Waals surface area contributed by atoms with Gasteiger partial charge in [-0.05, 0) is 67.9 Å². The van der Waals surface area contributed by atoms with E-state index in [1.54, 1.807) is 47.4 Å². The van der Waals surface area contributed by atoms with Crippen LogP contribution in [0, 0.1) is 6.92 Å². The van der Waals surface area contributed by atoms with Crippen LogP contribution in [0.4, 0.5) is 21.9 Å². The Morgan fingerprint density at radius 3 is 2.48 bits per heavy atom. The molecule has 8 heteroatoms. The molecule has 7 nitrogen and oxygen atoms in total. The van der Waals surface area contributed by atoms with Crippen molar-refractivity contribution in [3.63, 3.8) is 0 Å². The minimum Gasteiger partial charge on any atom is -0.494 e. The van der Waals surface area contributed by atoms with Crippen LogP contribution in [-0.4, -0.2) is 31.7 Å². The van der Waals surface area contributed by atoms with Gasteiger partial charge in [0.15, 0.2) is 6.61 Å². The molecule has 1 aliphatic rings. The second kappa shape index (κ2) is 10.3. The third-order valence-electron chi connectivity index (χ3n) is 5.08. The molecule has 33 heavy (non-hydrogen) atoms. The molecule has 0 fully saturated rings. The number of ether oxygens (including phenoxy) is 2. The highest BCUT2D eigenvalue weighted by Gasteiger charge is 2.25. The topological polar surface area (TPSA) is 79.9 Å². The minimum absolute atomic E-state index is 0.0182. The number of fused-ring (bicyclic) bond motifs is 1. The van der Waals surface area contributed by atoms with E-state index >= 15 is 0 Å². The first-order chi connectivity index (χ1) is 16.0. The molecule has 0 unspecified atom stereocenters. The van der Waals surface area contributed by atoms with Gasteiger partial charge in [0.25, 0.3) is 5.91 Å². The summed E-state index contributed by atoms with van der Waals surface area (Å²) in [5.41, 5.74) is 2.94. The van der Waals surface area contributed by atoms with Gasteiger partial charge in [-0.3, -0.25) is 4.79 Å². The number of halogens is 1. The summed E-state index contributed by atoms with van der Waals surface area (Å²) in [5, 5.41) is 6.11. The number of urea groups is 1. The third kappa shape index (κ3) is 5.96. The molecule has 3 amide bonds. The lowest BCUT2D eigenvalue weighted by atomic mass is 10.2. The number of rotatable bonds is 7. The van der Waals surface area contributed by atoms with E-state index in [4.69, 9.17) is 21.1 Å². The lowest BCUT2D eigenvalue weighted by Gasteiger charge is -2.30. The first kappa shape index (κ1) is 22.5. The van der Waals surface area contributed by atoms with Crippen LogP contribution in [0.25, 0.3) is 0 Å². The third-order valence-corrected chi connectivity index (χ3v) is 5.33. The zero-order valence-electron chi connectivity index (χ0n) is 18.1. The Morgan fingerprint density at radius 1 is 1.03 bits per heavy atom. The maximum Gasteiger partial charge on any atom is 0.323 e. The fourth-order valence-electron chi connectivity index (χ4n) is 3.40. The Labute approximate surface area is 197 Å². The van der Waals surface area contributed by atoms with E-state index in [9.17, 15) is 9.59 Å². The smallest absolute Gasteiger partial charge is 0.323 e.